The van der Waals surface area contributed by atoms with E-state index in [-0.39, 0.29) is 41.4 Å². The Morgan fingerprint density at radius 2 is 1.75 bits per heavy atom. The van der Waals surface area contributed by atoms with Crippen LogP contribution in [0.1, 0.15) is 72.2 Å². The highest BCUT2D eigenvalue weighted by atomic mass is 33.1. The van der Waals surface area contributed by atoms with E-state index in [2.05, 4.69) is 39.2 Å². The van der Waals surface area contributed by atoms with Crippen LogP contribution in [0.4, 0.5) is 11.5 Å². The topological polar surface area (TPSA) is 352 Å². The first-order chi connectivity index (χ1) is 33.4. The number of carboxylic acid groups (broad SMARTS) is 1. The van der Waals surface area contributed by atoms with Gasteiger partial charge in [0.15, 0.2) is 11.5 Å². The lowest BCUT2D eigenvalue weighted by molar-refractivity contribution is -0.0522. The highest BCUT2D eigenvalue weighted by Gasteiger charge is 2.44. The van der Waals surface area contributed by atoms with Crippen LogP contribution < -0.4 is 21.7 Å². The molecular formula is C42H51N8O16P3S2. The number of nitrogens with one attached hydrogen (secondary N) is 2. The van der Waals surface area contributed by atoms with Gasteiger partial charge >= 0.3 is 29.4 Å². The van der Waals surface area contributed by atoms with Gasteiger partial charge in [0.2, 0.25) is 0 Å². The molecule has 4 aromatic rings. The summed E-state index contributed by atoms with van der Waals surface area (Å²) in [5.41, 5.74) is 11.5. The van der Waals surface area contributed by atoms with Crippen LogP contribution in [-0.2, 0) is 36.3 Å². The molecule has 29 heteroatoms. The molecule has 0 saturated carbocycles. The number of phosphoric acid groups is 3. The smallest absolute Gasteiger partial charge is 0.478 e. The van der Waals surface area contributed by atoms with Crippen LogP contribution in [0.3, 0.4) is 0 Å². The Morgan fingerprint density at radius 1 is 0.986 bits per heavy atom. The Bertz CT molecular complexity index is 3190. The molecule has 1 fully saturated rings. The summed E-state index contributed by atoms with van der Waals surface area (Å²) in [5.74, 6) is -1.12. The second kappa shape index (κ2) is 21.8. The molecule has 2 aromatic heterocycles. The third-order valence-corrected chi connectivity index (χ3v) is 17.6. The van der Waals surface area contributed by atoms with Crippen LogP contribution >= 0.6 is 45.1 Å². The van der Waals surface area contributed by atoms with Crippen molar-refractivity contribution >= 4 is 90.6 Å². The molecule has 71 heavy (non-hydrogen) atoms. The van der Waals surface area contributed by atoms with Crippen molar-refractivity contribution in [3.05, 3.63) is 82.7 Å². The average Bonchev–Trinajstić information content (AvgIpc) is 3.90. The number of rotatable bonds is 21. The van der Waals surface area contributed by atoms with Crippen molar-refractivity contribution in [1.29, 1.82) is 0 Å². The maximum absolute atomic E-state index is 13.7. The lowest BCUT2D eigenvalue weighted by Crippen LogP contribution is -2.36. The number of aromatic nitrogens is 4. The van der Waals surface area contributed by atoms with Crippen molar-refractivity contribution in [3.63, 3.8) is 0 Å². The van der Waals surface area contributed by atoms with Gasteiger partial charge < -0.3 is 54.9 Å². The monoisotopic (exact) mass is 1080 g/mol. The van der Waals surface area contributed by atoms with Gasteiger partial charge in [-0.15, -0.1) is 0 Å². The van der Waals surface area contributed by atoms with Crippen LogP contribution in [0.25, 0.3) is 44.6 Å². The zero-order valence-electron chi connectivity index (χ0n) is 38.9. The third kappa shape index (κ3) is 13.1. The van der Waals surface area contributed by atoms with Crippen molar-refractivity contribution < 1.29 is 75.0 Å². The van der Waals surface area contributed by atoms with Crippen molar-refractivity contribution in [2.45, 2.75) is 71.1 Å². The fourth-order valence-electron chi connectivity index (χ4n) is 7.75. The summed E-state index contributed by atoms with van der Waals surface area (Å²) in [6.45, 7) is 12.2. The number of nitrogens with two attached hydrogens (primary N) is 1. The minimum absolute atomic E-state index is 0.00192. The molecule has 1 amide bonds. The van der Waals surface area contributed by atoms with E-state index in [4.69, 9.17) is 33.9 Å². The summed E-state index contributed by atoms with van der Waals surface area (Å²) in [4.78, 5) is 81.2. The Labute approximate surface area is 413 Å². The highest BCUT2D eigenvalue weighted by molar-refractivity contribution is 8.77. The van der Waals surface area contributed by atoms with Crippen molar-refractivity contribution in [3.8, 4) is 22.5 Å². The molecule has 9 N–H and O–H groups in total. The number of carbonyl (C=O) groups excluding carboxylic acids is 1. The number of amides is 1. The van der Waals surface area contributed by atoms with Crippen LogP contribution in [0.2, 0.25) is 0 Å². The van der Waals surface area contributed by atoms with E-state index in [1.807, 2.05) is 65.8 Å². The van der Waals surface area contributed by atoms with Crippen molar-refractivity contribution in [2.75, 3.05) is 43.2 Å². The lowest BCUT2D eigenvalue weighted by atomic mass is 9.88. The van der Waals surface area contributed by atoms with E-state index in [0.29, 0.717) is 52.2 Å². The molecule has 382 valence electrons. The van der Waals surface area contributed by atoms with Gasteiger partial charge in [0.25, 0.3) is 5.91 Å². The lowest BCUT2D eigenvalue weighted by Gasteiger charge is -2.25. The number of hydrogen-bond acceptors (Lipinski definition) is 19. The molecule has 0 spiro atoms. The highest BCUT2D eigenvalue weighted by Crippen LogP contribution is 2.66. The fraction of sp³-hybridized carbons (Fsp3) is 0.381. The first-order valence-electron chi connectivity index (χ1n) is 21.6. The van der Waals surface area contributed by atoms with Crippen LogP contribution in [0, 0.1) is 13.8 Å². The first kappa shape index (κ1) is 54.0. The maximum Gasteiger partial charge on any atom is 0.490 e. The number of nitrogens with zero attached hydrogens (tertiary/aromatic N) is 5. The van der Waals surface area contributed by atoms with Gasteiger partial charge in [-0.2, -0.15) is 8.62 Å². The predicted molar refractivity (Wildman–Crippen MR) is 264 cm³/mol. The van der Waals surface area contributed by atoms with Crippen molar-refractivity contribution in [2.24, 2.45) is 4.99 Å². The minimum atomic E-state index is -5.78. The molecule has 24 nitrogen and oxygen atoms in total. The van der Waals surface area contributed by atoms with Gasteiger partial charge in [-0.3, -0.25) is 18.9 Å². The molecule has 0 bridgehead atoms. The average molecular weight is 1080 g/mol. The Balaban J connectivity index is 1.04. The first-order valence-corrected chi connectivity index (χ1v) is 28.4. The molecule has 0 radical (unpaired) electrons. The van der Waals surface area contributed by atoms with E-state index >= 15 is 0 Å². The van der Waals surface area contributed by atoms with Gasteiger partial charge in [0.05, 0.1) is 30.0 Å². The van der Waals surface area contributed by atoms with Crippen LogP contribution in [0.15, 0.2) is 64.5 Å². The number of benzene rings is 3. The molecule has 3 aliphatic rings. The van der Waals surface area contributed by atoms with Gasteiger partial charge in [0, 0.05) is 70.7 Å². The molecule has 5 atom stereocenters. The third-order valence-electron chi connectivity index (χ3n) is 10.8. The molecule has 7 rings (SSSR count). The summed E-state index contributed by atoms with van der Waals surface area (Å²) in [6.07, 6.45) is -0.151. The van der Waals surface area contributed by atoms with E-state index in [1.54, 1.807) is 12.1 Å². The SMILES string of the molecule is CC/N=c1/cc2oc3cc(NCC)c(C)cc3c(-c3ccc(C(=O)NCC(C)(C)SSCOC4C[C@H](n5cnc6c(N)ncnc65)O[C@@H]4COP(=O)(O)OP(=O)(O)OP(=O)(O)O)cc3C(=O)O)c-2cc1C. The largest absolute Gasteiger partial charge is 0.490 e. The number of hydrogen-bond donors (Lipinski definition) is 8. The van der Waals surface area contributed by atoms with Crippen LogP contribution in [0.5, 0.6) is 0 Å². The Hall–Kier alpha value is -4.75. The minimum Gasteiger partial charge on any atom is -0.478 e. The Morgan fingerprint density at radius 3 is 2.45 bits per heavy atom. The molecular weight excluding hydrogens is 1030 g/mol. The van der Waals surface area contributed by atoms with Gasteiger partial charge in [-0.1, -0.05) is 27.7 Å². The number of carbonyl (C=O) groups is 2. The summed E-state index contributed by atoms with van der Waals surface area (Å²) in [7, 11) is -14.3. The number of ether oxygens (including phenoxy) is 2. The molecule has 1 saturated heterocycles. The molecule has 4 heterocycles. The number of phosphoric ester groups is 1. The zero-order chi connectivity index (χ0) is 51.6. The summed E-state index contributed by atoms with van der Waals surface area (Å²) in [5, 5.41) is 18.4. The maximum atomic E-state index is 13.7. The molecule has 2 aliphatic heterocycles. The van der Waals surface area contributed by atoms with E-state index < -0.39 is 65.1 Å². The zero-order valence-corrected chi connectivity index (χ0v) is 43.2. The number of imidazole rings is 1. The van der Waals surface area contributed by atoms with Gasteiger partial charge in [-0.05, 0) is 82.5 Å². The number of nitrogen functional groups attached to an aromatic ring is 1. The quantitative estimate of drug-likeness (QED) is 0.0116. The molecule has 1 aliphatic carbocycles. The standard InChI is InChI=1S/C42H51N8O16P3S2/c1-7-44-29-14-31-27(11-22(29)3)36(28-12-23(4)30(45-8-2)15-32(28)63-31)25-10-9-24(13-26(25)41(52)53)40(51)46-18-42(5,6)71-70-21-61-33-16-35(50-20-49-37-38(43)47-19-48-39(37)50)64-34(33)17-62-68(57,58)66-69(59,60)65-67(54,55)56/h9-15,19-20,33-35,44H,7-8,16-18,21H2,1-6H3,(H,46,51)(H,52,53)(H,57,58)(H,59,60)(H2,43,47,48)(H2,54,55,56)/b45-30-/t33?,34-,35-/m1/s1. The summed E-state index contributed by atoms with van der Waals surface area (Å²) >= 11 is 0. The number of carboxylic acids is 1. The number of anilines is 2. The normalized spacial score (nSPS) is 18.5. The van der Waals surface area contributed by atoms with Crippen LogP contribution in [-0.4, -0.2) is 105 Å². The fourth-order valence-corrected chi connectivity index (χ4v) is 13.0. The predicted octanol–water partition coefficient (Wildman–Crippen LogP) is 7.16. The number of fused-ring (bicyclic) bond motifs is 3. The molecule has 2 aromatic carbocycles. The second-order valence-electron chi connectivity index (χ2n) is 16.6. The van der Waals surface area contributed by atoms with E-state index in [0.717, 1.165) is 22.2 Å². The van der Waals surface area contributed by atoms with E-state index in [9.17, 15) is 38.2 Å². The van der Waals surface area contributed by atoms with Gasteiger partial charge in [-0.25, -0.2) is 33.4 Å². The Kier molecular flexibility index (Phi) is 16.6. The summed E-state index contributed by atoms with van der Waals surface area (Å²) in [6, 6.07) is 12.2. The van der Waals surface area contributed by atoms with E-state index in [1.165, 1.54) is 44.9 Å². The molecule has 3 unspecified atom stereocenters. The number of aryl methyl sites for hydroxylation is 2. The van der Waals surface area contributed by atoms with Crippen molar-refractivity contribution in [1.82, 2.24) is 24.8 Å². The summed E-state index contributed by atoms with van der Waals surface area (Å²) < 4.78 is 67.7. The number of aromatic carboxylic acids is 1. The second-order valence-corrected chi connectivity index (χ2v) is 24.0. The van der Waals surface area contributed by atoms with Gasteiger partial charge in [0.1, 0.15) is 41.5 Å².